The highest BCUT2D eigenvalue weighted by molar-refractivity contribution is 7.15. The van der Waals surface area contributed by atoms with E-state index in [0.717, 1.165) is 11.6 Å². The number of carbonyl (C=O) groups excluding carboxylic acids is 2. The average molecular weight is 464 g/mol. The monoisotopic (exact) mass is 463 g/mol. The molecule has 30 heavy (non-hydrogen) atoms. The van der Waals surface area contributed by atoms with Gasteiger partial charge in [0.2, 0.25) is 5.91 Å². The third-order valence-corrected chi connectivity index (χ3v) is 5.54. The molecular formula is C22H16Cl2FNO3S. The molecule has 154 valence electrons. The molecule has 3 rings (SSSR count). The summed E-state index contributed by atoms with van der Waals surface area (Å²) in [6, 6.07) is 11.2. The van der Waals surface area contributed by atoms with Gasteiger partial charge in [0, 0.05) is 27.6 Å². The van der Waals surface area contributed by atoms with E-state index < -0.39 is 17.7 Å². The number of anilines is 1. The van der Waals surface area contributed by atoms with Gasteiger partial charge in [-0.25, -0.2) is 9.18 Å². The molecule has 0 fully saturated rings. The number of esters is 1. The van der Waals surface area contributed by atoms with E-state index in [2.05, 4.69) is 5.32 Å². The molecule has 1 N–H and O–H groups in total. The van der Waals surface area contributed by atoms with Crippen molar-refractivity contribution in [2.75, 3.05) is 11.9 Å². The van der Waals surface area contributed by atoms with Crippen LogP contribution >= 0.6 is 34.5 Å². The molecule has 1 heterocycles. The van der Waals surface area contributed by atoms with Crippen molar-refractivity contribution >= 4 is 57.5 Å². The second-order valence-electron chi connectivity index (χ2n) is 6.04. The van der Waals surface area contributed by atoms with E-state index in [4.69, 9.17) is 27.9 Å². The van der Waals surface area contributed by atoms with Crippen LogP contribution in [-0.4, -0.2) is 18.5 Å². The van der Waals surface area contributed by atoms with Gasteiger partial charge in [-0.3, -0.25) is 4.79 Å². The summed E-state index contributed by atoms with van der Waals surface area (Å²) < 4.78 is 19.0. The summed E-state index contributed by atoms with van der Waals surface area (Å²) in [7, 11) is 0. The molecule has 0 aliphatic carbocycles. The maximum atomic E-state index is 13.9. The lowest BCUT2D eigenvalue weighted by Gasteiger charge is -2.08. The van der Waals surface area contributed by atoms with Crippen molar-refractivity contribution in [1.82, 2.24) is 0 Å². The van der Waals surface area contributed by atoms with E-state index in [0.29, 0.717) is 15.6 Å². The Morgan fingerprint density at radius 1 is 1.17 bits per heavy atom. The maximum Gasteiger partial charge on any atom is 0.341 e. The first-order valence-corrected chi connectivity index (χ1v) is 10.5. The summed E-state index contributed by atoms with van der Waals surface area (Å²) in [5, 5.41) is 5.49. The van der Waals surface area contributed by atoms with Gasteiger partial charge < -0.3 is 10.1 Å². The Kier molecular flexibility index (Phi) is 7.26. The number of ether oxygens (including phenoxy) is 1. The van der Waals surface area contributed by atoms with Crippen LogP contribution in [0.15, 0.2) is 53.9 Å². The Morgan fingerprint density at radius 3 is 2.57 bits per heavy atom. The van der Waals surface area contributed by atoms with Crippen molar-refractivity contribution < 1.29 is 18.7 Å². The first-order valence-electron chi connectivity index (χ1n) is 8.88. The van der Waals surface area contributed by atoms with Crippen LogP contribution in [0, 0.1) is 5.82 Å². The minimum Gasteiger partial charge on any atom is -0.462 e. The molecular weight excluding hydrogens is 448 g/mol. The predicted molar refractivity (Wildman–Crippen MR) is 120 cm³/mol. The lowest BCUT2D eigenvalue weighted by molar-refractivity contribution is -0.111. The van der Waals surface area contributed by atoms with Crippen molar-refractivity contribution in [2.45, 2.75) is 6.92 Å². The fourth-order valence-electron chi connectivity index (χ4n) is 2.68. The highest BCUT2D eigenvalue weighted by Gasteiger charge is 2.22. The largest absolute Gasteiger partial charge is 0.462 e. The SMILES string of the molecule is CCOC(=O)c1c(-c2ccc(Cl)cc2)csc1NC(=O)/C=C/c1c(F)cccc1Cl. The van der Waals surface area contributed by atoms with E-state index in [-0.39, 0.29) is 22.8 Å². The van der Waals surface area contributed by atoms with E-state index >= 15 is 0 Å². The van der Waals surface area contributed by atoms with Crippen LogP contribution in [0.3, 0.4) is 0 Å². The maximum absolute atomic E-state index is 13.9. The number of rotatable bonds is 6. The molecule has 2 aromatic carbocycles. The van der Waals surface area contributed by atoms with E-state index in [1.165, 1.54) is 35.6 Å². The van der Waals surface area contributed by atoms with E-state index in [1.807, 2.05) is 0 Å². The van der Waals surface area contributed by atoms with E-state index in [1.54, 1.807) is 36.6 Å². The van der Waals surface area contributed by atoms with Gasteiger partial charge >= 0.3 is 5.97 Å². The van der Waals surface area contributed by atoms with Crippen LogP contribution < -0.4 is 5.32 Å². The van der Waals surface area contributed by atoms with Gasteiger partial charge in [-0.2, -0.15) is 0 Å². The van der Waals surface area contributed by atoms with Crippen LogP contribution in [0.1, 0.15) is 22.8 Å². The third kappa shape index (κ3) is 5.08. The molecule has 1 amide bonds. The normalized spacial score (nSPS) is 10.9. The van der Waals surface area contributed by atoms with Gasteiger partial charge in [0.15, 0.2) is 0 Å². The number of benzene rings is 2. The number of halogens is 3. The Balaban J connectivity index is 1.90. The number of nitrogens with one attached hydrogen (secondary N) is 1. The summed E-state index contributed by atoms with van der Waals surface area (Å²) in [5.74, 6) is -1.63. The fraction of sp³-hybridized carbons (Fsp3) is 0.0909. The van der Waals surface area contributed by atoms with Crippen molar-refractivity contribution in [3.63, 3.8) is 0 Å². The summed E-state index contributed by atoms with van der Waals surface area (Å²) in [6.07, 6.45) is 2.44. The Hall–Kier alpha value is -2.67. The Labute approximate surface area is 186 Å². The predicted octanol–water partition coefficient (Wildman–Crippen LogP) is 6.69. The van der Waals surface area contributed by atoms with Gasteiger partial charge in [-0.05, 0) is 42.8 Å². The Bertz CT molecular complexity index is 1090. The lowest BCUT2D eigenvalue weighted by atomic mass is 10.0. The molecule has 0 saturated carbocycles. The zero-order chi connectivity index (χ0) is 21.7. The van der Waals surface area contributed by atoms with Crippen LogP contribution in [0.4, 0.5) is 9.39 Å². The van der Waals surface area contributed by atoms with Gasteiger partial charge in [-0.1, -0.05) is 41.4 Å². The standard InChI is InChI=1S/C22H16Cl2FNO3S/c1-2-29-22(28)20-16(13-6-8-14(23)9-7-13)12-30-21(20)26-19(27)11-10-15-17(24)4-3-5-18(15)25/h3-12H,2H2,1H3,(H,26,27)/b11-10+. The van der Waals surface area contributed by atoms with Gasteiger partial charge in [-0.15, -0.1) is 11.3 Å². The second-order valence-corrected chi connectivity index (χ2v) is 7.76. The highest BCUT2D eigenvalue weighted by atomic mass is 35.5. The zero-order valence-electron chi connectivity index (χ0n) is 15.7. The van der Waals surface area contributed by atoms with Crippen molar-refractivity contribution in [3.8, 4) is 11.1 Å². The Morgan fingerprint density at radius 2 is 1.90 bits per heavy atom. The number of carbonyl (C=O) groups is 2. The minimum atomic E-state index is -0.555. The molecule has 0 saturated heterocycles. The van der Waals surface area contributed by atoms with Crippen LogP contribution in [0.25, 0.3) is 17.2 Å². The van der Waals surface area contributed by atoms with Gasteiger partial charge in [0.1, 0.15) is 16.4 Å². The smallest absolute Gasteiger partial charge is 0.341 e. The lowest BCUT2D eigenvalue weighted by Crippen LogP contribution is -2.12. The number of amides is 1. The number of thiophene rings is 1. The fourth-order valence-corrected chi connectivity index (χ4v) is 3.99. The molecule has 8 heteroatoms. The van der Waals surface area contributed by atoms with Gasteiger partial charge in [0.25, 0.3) is 0 Å². The highest BCUT2D eigenvalue weighted by Crippen LogP contribution is 2.36. The molecule has 0 aliphatic heterocycles. The second kappa shape index (κ2) is 9.89. The minimum absolute atomic E-state index is 0.105. The third-order valence-electron chi connectivity index (χ3n) is 4.06. The van der Waals surface area contributed by atoms with Crippen LogP contribution in [0.5, 0.6) is 0 Å². The number of hydrogen-bond acceptors (Lipinski definition) is 4. The van der Waals surface area contributed by atoms with Crippen LogP contribution in [-0.2, 0) is 9.53 Å². The van der Waals surface area contributed by atoms with E-state index in [9.17, 15) is 14.0 Å². The molecule has 0 radical (unpaired) electrons. The first-order chi connectivity index (χ1) is 14.4. The first kappa shape index (κ1) is 22.0. The van der Waals surface area contributed by atoms with Crippen LogP contribution in [0.2, 0.25) is 10.0 Å². The molecule has 0 atom stereocenters. The molecule has 1 aromatic heterocycles. The molecule has 0 unspecified atom stereocenters. The zero-order valence-corrected chi connectivity index (χ0v) is 18.1. The quantitative estimate of drug-likeness (QED) is 0.327. The van der Waals surface area contributed by atoms with Crippen molar-refractivity contribution in [1.29, 1.82) is 0 Å². The van der Waals surface area contributed by atoms with Gasteiger partial charge in [0.05, 0.1) is 11.6 Å². The average Bonchev–Trinajstić information content (AvgIpc) is 3.12. The van der Waals surface area contributed by atoms with Crippen molar-refractivity contribution in [3.05, 3.63) is 80.9 Å². The van der Waals surface area contributed by atoms with Crippen molar-refractivity contribution in [2.24, 2.45) is 0 Å². The summed E-state index contributed by atoms with van der Waals surface area (Å²) >= 11 is 13.1. The topological polar surface area (TPSA) is 55.4 Å². The number of hydrogen-bond donors (Lipinski definition) is 1. The summed E-state index contributed by atoms with van der Waals surface area (Å²) in [5.41, 5.74) is 1.72. The summed E-state index contributed by atoms with van der Waals surface area (Å²) in [6.45, 7) is 1.89. The summed E-state index contributed by atoms with van der Waals surface area (Å²) in [4.78, 5) is 25.0. The molecule has 4 nitrogen and oxygen atoms in total. The molecule has 3 aromatic rings. The molecule has 0 spiro atoms. The molecule has 0 aliphatic rings. The molecule has 0 bridgehead atoms.